The summed E-state index contributed by atoms with van der Waals surface area (Å²) < 4.78 is 0. The average Bonchev–Trinajstić information content (AvgIpc) is 2.68. The van der Waals surface area contributed by atoms with Gasteiger partial charge in [0, 0.05) is 17.7 Å². The zero-order valence-electron chi connectivity index (χ0n) is 17.8. The lowest BCUT2D eigenvalue weighted by Crippen LogP contribution is -2.93. The second-order valence-electron chi connectivity index (χ2n) is 8.52. The van der Waals surface area contributed by atoms with Crippen LogP contribution in [0.2, 0.25) is 0 Å². The van der Waals surface area contributed by atoms with Gasteiger partial charge in [-0.15, -0.1) is 0 Å². The van der Waals surface area contributed by atoms with Crippen LogP contribution in [0.4, 0.5) is 5.69 Å². The van der Waals surface area contributed by atoms with Crippen LogP contribution in [0.15, 0.2) is 42.5 Å². The Labute approximate surface area is 173 Å². The molecule has 5 nitrogen and oxygen atoms in total. The van der Waals surface area contributed by atoms with Gasteiger partial charge in [-0.3, -0.25) is 9.59 Å². The molecule has 0 saturated carbocycles. The first-order chi connectivity index (χ1) is 13.8. The minimum Gasteiger partial charge on any atom is -0.339 e. The fourth-order valence-electron chi connectivity index (χ4n) is 3.90. The molecule has 4 N–H and O–H groups in total. The minimum atomic E-state index is -0.547. The van der Waals surface area contributed by atoms with Crippen LogP contribution < -0.4 is 16.0 Å². The highest BCUT2D eigenvalue weighted by Crippen LogP contribution is 2.18. The Morgan fingerprint density at radius 1 is 1.10 bits per heavy atom. The molecule has 0 bridgehead atoms. The van der Waals surface area contributed by atoms with Gasteiger partial charge in [0.15, 0.2) is 6.04 Å². The predicted octanol–water partition coefficient (Wildman–Crippen LogP) is 2.46. The van der Waals surface area contributed by atoms with Crippen molar-refractivity contribution in [2.24, 2.45) is 5.92 Å². The quantitative estimate of drug-likeness (QED) is 0.704. The van der Waals surface area contributed by atoms with Gasteiger partial charge in [0.1, 0.15) is 12.6 Å². The molecule has 2 amide bonds. The fourth-order valence-corrected chi connectivity index (χ4v) is 3.90. The van der Waals surface area contributed by atoms with Crippen molar-refractivity contribution in [2.45, 2.75) is 59.2 Å². The maximum atomic E-state index is 13.0. The third kappa shape index (κ3) is 5.45. The van der Waals surface area contributed by atoms with E-state index in [0.29, 0.717) is 18.8 Å². The summed E-state index contributed by atoms with van der Waals surface area (Å²) in [4.78, 5) is 25.9. The molecule has 0 saturated heterocycles. The summed E-state index contributed by atoms with van der Waals surface area (Å²) in [5.41, 5.74) is 5.46. The van der Waals surface area contributed by atoms with E-state index in [2.05, 4.69) is 41.9 Å². The van der Waals surface area contributed by atoms with Gasteiger partial charge in [0.2, 0.25) is 5.91 Å². The van der Waals surface area contributed by atoms with Crippen molar-refractivity contribution in [1.29, 1.82) is 0 Å². The number of aryl methyl sites for hydroxylation is 2. The first-order valence-corrected chi connectivity index (χ1v) is 10.4. The first kappa shape index (κ1) is 21.1. The normalized spacial score (nSPS) is 16.8. The van der Waals surface area contributed by atoms with E-state index in [1.807, 2.05) is 44.2 Å². The number of fused-ring (bicyclic) bond motifs is 1. The Morgan fingerprint density at radius 3 is 2.52 bits per heavy atom. The zero-order chi connectivity index (χ0) is 21.0. The number of anilines is 1. The molecule has 2 aromatic rings. The van der Waals surface area contributed by atoms with Crippen molar-refractivity contribution in [2.75, 3.05) is 5.32 Å². The van der Waals surface area contributed by atoms with Crippen LogP contribution in [0.5, 0.6) is 0 Å². The van der Waals surface area contributed by atoms with E-state index in [9.17, 15) is 9.59 Å². The van der Waals surface area contributed by atoms with E-state index in [0.717, 1.165) is 23.4 Å². The topological polar surface area (TPSA) is 74.8 Å². The summed E-state index contributed by atoms with van der Waals surface area (Å²) in [6, 6.07) is 13.4. The number of carbonyl (C=O) groups is 2. The van der Waals surface area contributed by atoms with Crippen LogP contribution in [-0.2, 0) is 22.6 Å². The summed E-state index contributed by atoms with van der Waals surface area (Å²) in [5.74, 6) is 0.0670. The summed E-state index contributed by atoms with van der Waals surface area (Å²) in [5, 5.41) is 8.08. The lowest BCUT2D eigenvalue weighted by atomic mass is 9.95. The number of nitrogens with two attached hydrogens (primary N) is 1. The molecule has 0 fully saturated rings. The Hall–Kier alpha value is -2.66. The molecular formula is C24H32N3O2+. The maximum absolute atomic E-state index is 13.0. The molecule has 0 spiro atoms. The highest BCUT2D eigenvalue weighted by molar-refractivity contribution is 5.98. The highest BCUT2D eigenvalue weighted by atomic mass is 16.2. The molecule has 2 atom stereocenters. The second-order valence-corrected chi connectivity index (χ2v) is 8.52. The molecule has 3 rings (SSSR count). The third-order valence-electron chi connectivity index (χ3n) is 5.50. The number of carbonyl (C=O) groups excluding carboxylic acids is 2. The molecule has 0 aromatic heterocycles. The van der Waals surface area contributed by atoms with E-state index < -0.39 is 6.04 Å². The van der Waals surface area contributed by atoms with Gasteiger partial charge in [-0.25, -0.2) is 0 Å². The fraction of sp³-hybridized carbons (Fsp3) is 0.417. The Balaban J connectivity index is 1.68. The van der Waals surface area contributed by atoms with Gasteiger partial charge in [0.25, 0.3) is 5.91 Å². The molecule has 0 radical (unpaired) electrons. The number of rotatable bonds is 6. The Morgan fingerprint density at radius 2 is 1.83 bits per heavy atom. The monoisotopic (exact) mass is 394 g/mol. The number of hydrogen-bond acceptors (Lipinski definition) is 2. The molecule has 0 unspecified atom stereocenters. The SMILES string of the molecule is Cc1ccc(NC(=O)[C@H](CC(C)C)NC(=O)[C@@H]2Cc3ccccc3C[NH2+]2)c(C)c1. The van der Waals surface area contributed by atoms with Gasteiger partial charge in [-0.05, 0) is 43.4 Å². The minimum absolute atomic E-state index is 0.0686. The predicted molar refractivity (Wildman–Crippen MR) is 115 cm³/mol. The van der Waals surface area contributed by atoms with Gasteiger partial charge in [-0.1, -0.05) is 55.8 Å². The van der Waals surface area contributed by atoms with E-state index in [1.54, 1.807) is 0 Å². The van der Waals surface area contributed by atoms with Crippen molar-refractivity contribution in [1.82, 2.24) is 5.32 Å². The average molecular weight is 395 g/mol. The first-order valence-electron chi connectivity index (χ1n) is 10.4. The molecule has 29 heavy (non-hydrogen) atoms. The Bertz CT molecular complexity index is 891. The van der Waals surface area contributed by atoms with Gasteiger partial charge in [0.05, 0.1) is 0 Å². The number of amides is 2. The molecular weight excluding hydrogens is 362 g/mol. The van der Waals surface area contributed by atoms with Crippen LogP contribution in [-0.4, -0.2) is 23.9 Å². The van der Waals surface area contributed by atoms with Crippen molar-refractivity contribution in [3.63, 3.8) is 0 Å². The van der Waals surface area contributed by atoms with Crippen LogP contribution in [0.1, 0.15) is 42.5 Å². The van der Waals surface area contributed by atoms with Crippen LogP contribution in [0.25, 0.3) is 0 Å². The van der Waals surface area contributed by atoms with Gasteiger partial charge >= 0.3 is 0 Å². The van der Waals surface area contributed by atoms with Crippen LogP contribution >= 0.6 is 0 Å². The van der Waals surface area contributed by atoms with Crippen LogP contribution in [0.3, 0.4) is 0 Å². The van der Waals surface area contributed by atoms with Gasteiger partial charge < -0.3 is 16.0 Å². The van der Waals surface area contributed by atoms with Crippen molar-refractivity contribution in [3.8, 4) is 0 Å². The van der Waals surface area contributed by atoms with Crippen molar-refractivity contribution >= 4 is 17.5 Å². The van der Waals surface area contributed by atoms with Gasteiger partial charge in [-0.2, -0.15) is 0 Å². The summed E-state index contributed by atoms with van der Waals surface area (Å²) >= 11 is 0. The van der Waals surface area contributed by atoms with Crippen molar-refractivity contribution in [3.05, 3.63) is 64.7 Å². The molecule has 0 aliphatic carbocycles. The highest BCUT2D eigenvalue weighted by Gasteiger charge is 2.31. The summed E-state index contributed by atoms with van der Waals surface area (Å²) in [6.45, 7) is 8.92. The largest absolute Gasteiger partial charge is 0.339 e. The lowest BCUT2D eigenvalue weighted by molar-refractivity contribution is -0.695. The summed E-state index contributed by atoms with van der Waals surface area (Å²) in [6.07, 6.45) is 1.29. The molecule has 2 aromatic carbocycles. The van der Waals surface area contributed by atoms with E-state index in [-0.39, 0.29) is 17.9 Å². The van der Waals surface area contributed by atoms with Crippen LogP contribution in [0, 0.1) is 19.8 Å². The number of hydrogen-bond donors (Lipinski definition) is 3. The maximum Gasteiger partial charge on any atom is 0.279 e. The third-order valence-corrected chi connectivity index (χ3v) is 5.50. The van der Waals surface area contributed by atoms with E-state index >= 15 is 0 Å². The Kier molecular flexibility index (Phi) is 6.70. The second kappa shape index (κ2) is 9.23. The lowest BCUT2D eigenvalue weighted by Gasteiger charge is -2.26. The smallest absolute Gasteiger partial charge is 0.279 e. The van der Waals surface area contributed by atoms with Crippen molar-refractivity contribution < 1.29 is 14.9 Å². The van der Waals surface area contributed by atoms with E-state index in [4.69, 9.17) is 0 Å². The zero-order valence-corrected chi connectivity index (χ0v) is 17.8. The molecule has 154 valence electrons. The molecule has 1 heterocycles. The number of nitrogens with one attached hydrogen (secondary N) is 2. The number of benzene rings is 2. The summed E-state index contributed by atoms with van der Waals surface area (Å²) in [7, 11) is 0. The molecule has 5 heteroatoms. The molecule has 1 aliphatic rings. The number of quaternary nitrogens is 1. The standard InChI is InChI=1S/C24H31N3O2/c1-15(2)11-22(24(29)26-20-10-9-16(3)12-17(20)4)27-23(28)21-13-18-7-5-6-8-19(18)14-25-21/h5-10,12,15,21-22,25H,11,13-14H2,1-4H3,(H,26,29)(H,27,28)/p+1/t21-,22-/m0/s1. The van der Waals surface area contributed by atoms with E-state index in [1.165, 1.54) is 11.1 Å². The molecule has 1 aliphatic heterocycles.